The van der Waals surface area contributed by atoms with Gasteiger partial charge in [-0.05, 0) is 103 Å². The van der Waals surface area contributed by atoms with Crippen molar-refractivity contribution in [3.05, 3.63) is 71.3 Å². The van der Waals surface area contributed by atoms with Crippen molar-refractivity contribution in [2.75, 3.05) is 13.7 Å². The van der Waals surface area contributed by atoms with E-state index in [1.165, 1.54) is 5.56 Å². The molecule has 308 valence electrons. The first-order valence-corrected chi connectivity index (χ1v) is 19.1. The number of unbranched alkanes of at least 4 members (excludes halogenated alkanes) is 1. The maximum Gasteiger partial charge on any atom is 0.408 e. The molecule has 2 unspecified atom stereocenters. The Morgan fingerprint density at radius 2 is 1.44 bits per heavy atom. The maximum absolute atomic E-state index is 13.5. The molecule has 0 bridgehead atoms. The second-order valence-corrected chi connectivity index (χ2v) is 16.1. The summed E-state index contributed by atoms with van der Waals surface area (Å²) in [4.78, 5) is 62.2. The normalized spacial score (nSPS) is 15.3. The molecule has 1 aliphatic heterocycles. The summed E-state index contributed by atoms with van der Waals surface area (Å²) < 4.78 is 10.5. The smallest absolute Gasteiger partial charge is 0.408 e. The first kappa shape index (κ1) is 48.5. The first-order valence-electron chi connectivity index (χ1n) is 19.1. The van der Waals surface area contributed by atoms with Crippen molar-refractivity contribution in [3.63, 3.8) is 0 Å². The number of hydrogen-bond acceptors (Lipinski definition) is 9. The number of nitrogens with zero attached hydrogens (tertiary/aromatic N) is 1. The van der Waals surface area contributed by atoms with E-state index < -0.39 is 41.5 Å². The molecule has 6 N–H and O–H groups in total. The number of benzene rings is 2. The largest absolute Gasteiger partial charge is 0.444 e. The van der Waals surface area contributed by atoms with Gasteiger partial charge in [-0.3, -0.25) is 9.59 Å². The van der Waals surface area contributed by atoms with Gasteiger partial charge in [-0.25, -0.2) is 9.59 Å². The molecule has 55 heavy (non-hydrogen) atoms. The lowest BCUT2D eigenvalue weighted by atomic mass is 9.93. The number of nitrogens with one attached hydrogen (secondary N) is 3. The molecule has 0 radical (unpaired) electrons. The highest BCUT2D eigenvalue weighted by atomic mass is 16.6. The minimum absolute atomic E-state index is 0.0658. The molecule has 0 saturated carbocycles. The Labute approximate surface area is 328 Å². The quantitative estimate of drug-likeness (QED) is 0.123. The molecule has 4 atom stereocenters. The molecule has 3 rings (SSSR count). The summed E-state index contributed by atoms with van der Waals surface area (Å²) in [7, 11) is 1.00. The summed E-state index contributed by atoms with van der Waals surface area (Å²) in [6.07, 6.45) is 3.41. The Hall–Kier alpha value is -4.49. The molecule has 2 aromatic rings. The molecule has 2 aromatic carbocycles. The zero-order chi connectivity index (χ0) is 41.8. The Bertz CT molecular complexity index is 1470. The maximum atomic E-state index is 13.5. The molecule has 0 aromatic heterocycles. The number of nitrogens with two attached hydrogens (primary N) is 1. The number of ether oxygens (including phenoxy) is 2. The highest BCUT2D eigenvalue weighted by Crippen LogP contribution is 2.24. The monoisotopic (exact) mass is 769 g/mol. The van der Waals surface area contributed by atoms with E-state index in [1.807, 2.05) is 82.0 Å². The molecular formula is C42H67N5O8. The number of aldehydes is 1. The molecule has 13 nitrogen and oxygen atoms in total. The van der Waals surface area contributed by atoms with Crippen molar-refractivity contribution < 1.29 is 38.6 Å². The van der Waals surface area contributed by atoms with E-state index in [2.05, 4.69) is 35.0 Å². The Morgan fingerprint density at radius 1 is 0.873 bits per heavy atom. The fourth-order valence-electron chi connectivity index (χ4n) is 5.75. The number of hydrogen-bond donors (Lipinski definition) is 5. The summed E-state index contributed by atoms with van der Waals surface area (Å²) in [6.45, 7) is 17.9. The van der Waals surface area contributed by atoms with Crippen LogP contribution in [0.25, 0.3) is 0 Å². The molecule has 0 saturated heterocycles. The predicted octanol–water partition coefficient (Wildman–Crippen LogP) is 5.44. The van der Waals surface area contributed by atoms with E-state index in [4.69, 9.17) is 20.3 Å². The highest BCUT2D eigenvalue weighted by Gasteiger charge is 2.33. The Balaban J connectivity index is 0.000000537. The number of fused-ring (bicyclic) bond motifs is 1. The standard InChI is InChI=1S/C24H30N2O3.C17H33N3O4.CH4O/c1-17-14-19-12-8-9-13-20(19)16-26(17)22(27)21(15-18-10-6-5-7-11-18)25-23(28)29-24(2,3)4;1-12(2)10-14(18)15(22)20-13(11-21)8-6-7-9-19-16(23)24-17(3,4)5;1-2/h5-13,17,21H,14-16H2,1-4H3,(H,25,28);11-14H,6-10,18H2,1-5H3,(H,19,23)(H,20,22);2H,1H3/t17-,21?;13-,14?;/m11./s1. The van der Waals surface area contributed by atoms with Crippen LogP contribution in [-0.4, -0.2) is 89.3 Å². The number of rotatable bonds is 14. The van der Waals surface area contributed by atoms with Crippen LogP contribution in [0.15, 0.2) is 54.6 Å². The van der Waals surface area contributed by atoms with Crippen LogP contribution in [0.1, 0.15) is 105 Å². The number of alkyl carbamates (subject to hydrolysis) is 2. The van der Waals surface area contributed by atoms with E-state index >= 15 is 0 Å². The summed E-state index contributed by atoms with van der Waals surface area (Å²) in [6, 6.07) is 16.2. The molecule has 0 aliphatic carbocycles. The zero-order valence-corrected chi connectivity index (χ0v) is 34.6. The third kappa shape index (κ3) is 20.1. The molecular weight excluding hydrogens is 702 g/mol. The van der Waals surface area contributed by atoms with E-state index in [9.17, 15) is 24.0 Å². The van der Waals surface area contributed by atoms with Gasteiger partial charge in [0.25, 0.3) is 0 Å². The van der Waals surface area contributed by atoms with Crippen LogP contribution in [0.4, 0.5) is 9.59 Å². The van der Waals surface area contributed by atoms with Gasteiger partial charge in [-0.1, -0.05) is 68.4 Å². The lowest BCUT2D eigenvalue weighted by molar-refractivity contribution is -0.136. The molecule has 13 heteroatoms. The lowest BCUT2D eigenvalue weighted by Gasteiger charge is -2.37. The van der Waals surface area contributed by atoms with Gasteiger partial charge >= 0.3 is 12.2 Å². The Kier molecular flexibility index (Phi) is 21.3. The van der Waals surface area contributed by atoms with Gasteiger partial charge in [0.05, 0.1) is 12.1 Å². The van der Waals surface area contributed by atoms with Gasteiger partial charge in [0.1, 0.15) is 23.5 Å². The van der Waals surface area contributed by atoms with Crippen LogP contribution in [0.5, 0.6) is 0 Å². The zero-order valence-electron chi connectivity index (χ0n) is 34.6. The number of aliphatic hydroxyl groups is 1. The third-order valence-corrected chi connectivity index (χ3v) is 8.23. The fraction of sp³-hybridized carbons (Fsp3) is 0.595. The van der Waals surface area contributed by atoms with Crippen molar-refractivity contribution in [2.45, 2.75) is 143 Å². The summed E-state index contributed by atoms with van der Waals surface area (Å²) >= 11 is 0. The van der Waals surface area contributed by atoms with Crippen molar-refractivity contribution in [2.24, 2.45) is 11.7 Å². The molecule has 1 aliphatic rings. The average Bonchev–Trinajstić information content (AvgIpc) is 3.09. The lowest BCUT2D eigenvalue weighted by Crippen LogP contribution is -2.54. The van der Waals surface area contributed by atoms with Crippen molar-refractivity contribution >= 4 is 30.3 Å². The van der Waals surface area contributed by atoms with Gasteiger partial charge in [0, 0.05) is 32.7 Å². The predicted molar refractivity (Wildman–Crippen MR) is 215 cm³/mol. The minimum Gasteiger partial charge on any atom is -0.444 e. The fourth-order valence-corrected chi connectivity index (χ4v) is 5.75. The van der Waals surface area contributed by atoms with E-state index in [0.717, 1.165) is 30.9 Å². The number of aliphatic hydroxyl groups excluding tert-OH is 1. The van der Waals surface area contributed by atoms with Crippen LogP contribution >= 0.6 is 0 Å². The van der Waals surface area contributed by atoms with Crippen LogP contribution in [-0.2, 0) is 43.2 Å². The number of amides is 4. The summed E-state index contributed by atoms with van der Waals surface area (Å²) in [5, 5.41) is 15.1. The third-order valence-electron chi connectivity index (χ3n) is 8.23. The highest BCUT2D eigenvalue weighted by molar-refractivity contribution is 5.86. The van der Waals surface area contributed by atoms with Gasteiger partial charge < -0.3 is 46.0 Å². The van der Waals surface area contributed by atoms with Crippen molar-refractivity contribution in [3.8, 4) is 0 Å². The first-order chi connectivity index (χ1) is 25.8. The SMILES string of the molecule is CC(C)CC(N)C(=O)N[C@@H](C=O)CCCCNC(=O)OC(C)(C)C.CO.C[C@@H]1Cc2ccccc2CN1C(=O)C(Cc1ccccc1)NC(=O)OC(C)(C)C. The molecule has 0 fully saturated rings. The van der Waals surface area contributed by atoms with Gasteiger partial charge in [-0.15, -0.1) is 0 Å². The van der Waals surface area contributed by atoms with E-state index in [0.29, 0.717) is 51.1 Å². The van der Waals surface area contributed by atoms with Crippen molar-refractivity contribution in [1.29, 1.82) is 0 Å². The topological polar surface area (TPSA) is 189 Å². The van der Waals surface area contributed by atoms with E-state index in [-0.39, 0.29) is 17.9 Å². The van der Waals surface area contributed by atoms with Crippen LogP contribution < -0.4 is 21.7 Å². The van der Waals surface area contributed by atoms with Gasteiger partial charge in [-0.2, -0.15) is 0 Å². The number of carbonyl (C=O) groups is 5. The molecule has 1 heterocycles. The van der Waals surface area contributed by atoms with Gasteiger partial charge in [0.2, 0.25) is 11.8 Å². The molecule has 0 spiro atoms. The molecule has 4 amide bonds. The van der Waals surface area contributed by atoms with Crippen LogP contribution in [0, 0.1) is 5.92 Å². The summed E-state index contributed by atoms with van der Waals surface area (Å²) in [5.41, 5.74) is 8.08. The number of carbonyl (C=O) groups excluding carboxylic acids is 5. The minimum atomic E-state index is -0.681. The second-order valence-electron chi connectivity index (χ2n) is 16.1. The Morgan fingerprint density at radius 3 is 2.00 bits per heavy atom. The van der Waals surface area contributed by atoms with Crippen molar-refractivity contribution in [1.82, 2.24) is 20.9 Å². The summed E-state index contributed by atoms with van der Waals surface area (Å²) in [5.74, 6) is -0.0613. The average molecular weight is 770 g/mol. The van der Waals surface area contributed by atoms with Crippen LogP contribution in [0.2, 0.25) is 0 Å². The van der Waals surface area contributed by atoms with E-state index in [1.54, 1.807) is 20.8 Å². The second kappa shape index (κ2) is 24.1. The van der Waals surface area contributed by atoms with Crippen LogP contribution in [0.3, 0.4) is 0 Å². The van der Waals surface area contributed by atoms with Gasteiger partial charge in [0.15, 0.2) is 0 Å².